The topological polar surface area (TPSA) is 134 Å². The van der Waals surface area contributed by atoms with Crippen LogP contribution in [0, 0.1) is 5.82 Å². The molecule has 34 heavy (non-hydrogen) atoms. The lowest BCUT2D eigenvalue weighted by molar-refractivity contribution is 0.0691. The number of para-hydroxylation sites is 2. The summed E-state index contributed by atoms with van der Waals surface area (Å²) < 4.78 is 46.7. The number of anilines is 3. The van der Waals surface area contributed by atoms with Gasteiger partial charge >= 0.3 is 5.97 Å². The molecule has 3 aromatic carbocycles. The van der Waals surface area contributed by atoms with Crippen LogP contribution in [0.4, 0.5) is 21.7 Å². The molecule has 12 heteroatoms. The standard InChI is InChI=1S/C22H14FN5O4S2/c23-16-10-14(6-7-15(16)22(29)30)34(31,32)28-21-20(25-18-3-1-2-4-19(18)26-21)24-13-5-8-17-12(9-13)11-33-27-17/h1-11H,(H,24,25)(H,26,28)(H,29,30). The Kier molecular flexibility index (Phi) is 5.30. The highest BCUT2D eigenvalue weighted by Crippen LogP contribution is 2.29. The molecule has 0 spiro atoms. The van der Waals surface area contributed by atoms with Crippen LogP contribution in [0.25, 0.3) is 21.9 Å². The van der Waals surface area contributed by atoms with Crippen LogP contribution >= 0.6 is 11.5 Å². The number of halogens is 1. The fourth-order valence-electron chi connectivity index (χ4n) is 3.27. The number of aromatic nitrogens is 3. The van der Waals surface area contributed by atoms with E-state index in [-0.39, 0.29) is 11.6 Å². The molecule has 0 radical (unpaired) electrons. The average molecular weight is 496 g/mol. The van der Waals surface area contributed by atoms with Crippen molar-refractivity contribution in [2.45, 2.75) is 4.90 Å². The van der Waals surface area contributed by atoms with Crippen LogP contribution in [-0.2, 0) is 10.0 Å². The number of hydrogen-bond acceptors (Lipinski definition) is 8. The van der Waals surface area contributed by atoms with Gasteiger partial charge in [-0.05, 0) is 60.1 Å². The Morgan fingerprint density at radius 1 is 0.941 bits per heavy atom. The average Bonchev–Trinajstić information content (AvgIpc) is 3.27. The van der Waals surface area contributed by atoms with E-state index in [4.69, 9.17) is 5.11 Å². The molecule has 2 heterocycles. The molecule has 0 unspecified atom stereocenters. The highest BCUT2D eigenvalue weighted by molar-refractivity contribution is 7.92. The minimum absolute atomic E-state index is 0.107. The second-order valence-corrected chi connectivity index (χ2v) is 9.49. The van der Waals surface area contributed by atoms with Crippen molar-refractivity contribution in [2.75, 3.05) is 10.0 Å². The fraction of sp³-hybridized carbons (Fsp3) is 0. The summed E-state index contributed by atoms with van der Waals surface area (Å²) in [4.78, 5) is 19.5. The first kappa shape index (κ1) is 21.7. The third kappa shape index (κ3) is 4.11. The largest absolute Gasteiger partial charge is 0.478 e. The van der Waals surface area contributed by atoms with E-state index in [0.29, 0.717) is 22.8 Å². The molecule has 0 saturated heterocycles. The summed E-state index contributed by atoms with van der Waals surface area (Å²) in [5.41, 5.74) is 1.80. The molecule has 170 valence electrons. The number of carbonyl (C=O) groups is 1. The van der Waals surface area contributed by atoms with Crippen molar-refractivity contribution in [1.29, 1.82) is 0 Å². The van der Waals surface area contributed by atoms with Crippen LogP contribution in [0.3, 0.4) is 0 Å². The highest BCUT2D eigenvalue weighted by atomic mass is 32.2. The number of hydrogen-bond donors (Lipinski definition) is 3. The maximum atomic E-state index is 14.1. The van der Waals surface area contributed by atoms with Crippen LogP contribution < -0.4 is 10.0 Å². The molecular weight excluding hydrogens is 481 g/mol. The molecule has 0 atom stereocenters. The van der Waals surface area contributed by atoms with Crippen LogP contribution in [-0.4, -0.2) is 33.8 Å². The van der Waals surface area contributed by atoms with Gasteiger partial charge in [-0.15, -0.1) is 0 Å². The first-order valence-electron chi connectivity index (χ1n) is 9.74. The van der Waals surface area contributed by atoms with Gasteiger partial charge in [0.1, 0.15) is 5.82 Å². The van der Waals surface area contributed by atoms with E-state index in [9.17, 15) is 17.6 Å². The molecule has 0 aliphatic rings. The van der Waals surface area contributed by atoms with Gasteiger partial charge < -0.3 is 10.4 Å². The van der Waals surface area contributed by atoms with E-state index in [2.05, 4.69) is 24.4 Å². The second kappa shape index (κ2) is 8.32. The molecule has 5 rings (SSSR count). The summed E-state index contributed by atoms with van der Waals surface area (Å²) in [6.07, 6.45) is 0. The van der Waals surface area contributed by atoms with Gasteiger partial charge in [0.2, 0.25) is 0 Å². The van der Waals surface area contributed by atoms with Gasteiger partial charge in [-0.1, -0.05) is 12.1 Å². The van der Waals surface area contributed by atoms with Crippen LogP contribution in [0.1, 0.15) is 10.4 Å². The number of nitrogens with zero attached hydrogens (tertiary/aromatic N) is 3. The van der Waals surface area contributed by atoms with Crippen molar-refractivity contribution in [3.63, 3.8) is 0 Å². The molecule has 0 bridgehead atoms. The Labute approximate surface area is 196 Å². The van der Waals surface area contributed by atoms with Gasteiger partial charge in [0.05, 0.1) is 27.0 Å². The first-order chi connectivity index (χ1) is 16.3. The smallest absolute Gasteiger partial charge is 0.338 e. The Hall–Kier alpha value is -4.16. The maximum absolute atomic E-state index is 14.1. The minimum atomic E-state index is -4.32. The number of carboxylic acids is 1. The normalized spacial score (nSPS) is 11.6. The number of carboxylic acid groups (broad SMARTS) is 1. The van der Waals surface area contributed by atoms with Crippen molar-refractivity contribution in [1.82, 2.24) is 14.3 Å². The van der Waals surface area contributed by atoms with Crippen molar-refractivity contribution >= 4 is 66.8 Å². The number of rotatable bonds is 6. The van der Waals surface area contributed by atoms with E-state index < -0.39 is 32.3 Å². The summed E-state index contributed by atoms with van der Waals surface area (Å²) in [7, 11) is -4.32. The molecule has 2 aromatic heterocycles. The van der Waals surface area contributed by atoms with Crippen molar-refractivity contribution in [3.05, 3.63) is 77.4 Å². The lowest BCUT2D eigenvalue weighted by Gasteiger charge is -2.14. The van der Waals surface area contributed by atoms with Crippen LogP contribution in [0.2, 0.25) is 0 Å². The summed E-state index contributed by atoms with van der Waals surface area (Å²) in [6, 6.07) is 14.9. The second-order valence-electron chi connectivity index (χ2n) is 7.17. The first-order valence-corrected chi connectivity index (χ1v) is 12.1. The Morgan fingerprint density at radius 2 is 1.68 bits per heavy atom. The quantitative estimate of drug-likeness (QED) is 0.311. The summed E-state index contributed by atoms with van der Waals surface area (Å²) in [5, 5.41) is 14.9. The van der Waals surface area contributed by atoms with E-state index in [0.717, 1.165) is 23.0 Å². The number of fused-ring (bicyclic) bond motifs is 2. The molecule has 0 aliphatic carbocycles. The summed E-state index contributed by atoms with van der Waals surface area (Å²) >= 11 is 1.32. The molecule has 3 N–H and O–H groups in total. The monoisotopic (exact) mass is 495 g/mol. The van der Waals surface area contributed by atoms with Gasteiger partial charge in [0.15, 0.2) is 11.6 Å². The Balaban J connectivity index is 1.56. The number of benzene rings is 3. The van der Waals surface area contributed by atoms with Gasteiger partial charge in [-0.25, -0.2) is 27.6 Å². The molecular formula is C22H14FN5O4S2. The predicted molar refractivity (Wildman–Crippen MR) is 127 cm³/mol. The lowest BCUT2D eigenvalue weighted by atomic mass is 10.2. The SMILES string of the molecule is O=C(O)c1ccc(S(=O)(=O)Nc2nc3ccccc3nc2Nc2ccc3nscc3c2)cc1F. The summed E-state index contributed by atoms with van der Waals surface area (Å²) in [6.45, 7) is 0. The molecule has 0 amide bonds. The highest BCUT2D eigenvalue weighted by Gasteiger charge is 2.22. The number of nitrogens with one attached hydrogen (secondary N) is 2. The summed E-state index contributed by atoms with van der Waals surface area (Å²) in [5.74, 6) is -2.65. The zero-order valence-corrected chi connectivity index (χ0v) is 18.7. The molecule has 0 saturated carbocycles. The number of aromatic carboxylic acids is 1. The Morgan fingerprint density at radius 3 is 2.38 bits per heavy atom. The molecule has 0 fully saturated rings. The van der Waals surface area contributed by atoms with Crippen molar-refractivity contribution < 1.29 is 22.7 Å². The number of sulfonamides is 1. The zero-order chi connectivity index (χ0) is 23.9. The van der Waals surface area contributed by atoms with Crippen LogP contribution in [0.5, 0.6) is 0 Å². The van der Waals surface area contributed by atoms with E-state index >= 15 is 0 Å². The molecule has 9 nitrogen and oxygen atoms in total. The Bertz CT molecular complexity index is 1690. The third-order valence-electron chi connectivity index (χ3n) is 4.90. The van der Waals surface area contributed by atoms with Gasteiger partial charge in [-0.2, -0.15) is 4.37 Å². The predicted octanol–water partition coefficient (Wildman–Crippen LogP) is 4.62. The van der Waals surface area contributed by atoms with Crippen molar-refractivity contribution in [2.24, 2.45) is 0 Å². The molecule has 5 aromatic rings. The van der Waals surface area contributed by atoms with E-state index in [1.165, 1.54) is 11.5 Å². The minimum Gasteiger partial charge on any atom is -0.478 e. The van der Waals surface area contributed by atoms with Gasteiger partial charge in [-0.3, -0.25) is 4.72 Å². The zero-order valence-electron chi connectivity index (χ0n) is 17.1. The molecule has 0 aliphatic heterocycles. The van der Waals surface area contributed by atoms with Crippen molar-refractivity contribution in [3.8, 4) is 0 Å². The van der Waals surface area contributed by atoms with E-state index in [1.807, 2.05) is 17.5 Å². The van der Waals surface area contributed by atoms with E-state index in [1.54, 1.807) is 30.3 Å². The lowest BCUT2D eigenvalue weighted by Crippen LogP contribution is -2.16. The van der Waals surface area contributed by atoms with Gasteiger partial charge in [0.25, 0.3) is 10.0 Å². The van der Waals surface area contributed by atoms with Gasteiger partial charge in [0, 0.05) is 16.5 Å². The maximum Gasteiger partial charge on any atom is 0.338 e. The van der Waals surface area contributed by atoms with Crippen LogP contribution in [0.15, 0.2) is 70.9 Å². The third-order valence-corrected chi connectivity index (χ3v) is 6.90. The fourth-order valence-corrected chi connectivity index (χ4v) is 4.92.